The average molecular weight is 396 g/mol. The molecule has 0 radical (unpaired) electrons. The van der Waals surface area contributed by atoms with Crippen LogP contribution in [0.25, 0.3) is 0 Å². The quantitative estimate of drug-likeness (QED) is 0.820. The molecule has 2 saturated heterocycles. The van der Waals surface area contributed by atoms with E-state index in [1.807, 2.05) is 16.7 Å². The fraction of sp³-hybridized carbons (Fsp3) is 0.579. The van der Waals surface area contributed by atoms with Crippen molar-refractivity contribution in [3.8, 4) is 0 Å². The summed E-state index contributed by atoms with van der Waals surface area (Å²) in [6, 6.07) is 5.60. The Morgan fingerprint density at radius 2 is 2.23 bits per heavy atom. The van der Waals surface area contributed by atoms with E-state index in [9.17, 15) is 9.59 Å². The highest BCUT2D eigenvalue weighted by molar-refractivity contribution is 7.99. The minimum atomic E-state index is -0.0372. The van der Waals surface area contributed by atoms with Crippen LogP contribution in [0.5, 0.6) is 0 Å². The van der Waals surface area contributed by atoms with Gasteiger partial charge in [0.05, 0.1) is 10.6 Å². The molecule has 5 nitrogen and oxygen atoms in total. The van der Waals surface area contributed by atoms with Gasteiger partial charge in [0.1, 0.15) is 0 Å². The Morgan fingerprint density at radius 3 is 2.92 bits per heavy atom. The third-order valence-corrected chi connectivity index (χ3v) is 6.42. The number of thioether (sulfide) groups is 1. The van der Waals surface area contributed by atoms with Crippen LogP contribution in [0.3, 0.4) is 0 Å². The predicted molar refractivity (Wildman–Crippen MR) is 108 cm³/mol. The van der Waals surface area contributed by atoms with Crippen molar-refractivity contribution in [3.05, 3.63) is 28.8 Å². The Hall–Kier alpha value is -1.24. The van der Waals surface area contributed by atoms with Gasteiger partial charge in [0.25, 0.3) is 5.91 Å². The van der Waals surface area contributed by atoms with E-state index in [1.165, 1.54) is 0 Å². The van der Waals surface area contributed by atoms with Crippen LogP contribution in [-0.2, 0) is 4.79 Å². The lowest BCUT2D eigenvalue weighted by Crippen LogP contribution is -2.42. The van der Waals surface area contributed by atoms with Crippen molar-refractivity contribution in [1.82, 2.24) is 10.2 Å². The Bertz CT molecular complexity index is 664. The lowest BCUT2D eigenvalue weighted by Gasteiger charge is -2.33. The molecule has 2 aliphatic rings. The van der Waals surface area contributed by atoms with Crippen molar-refractivity contribution in [3.63, 3.8) is 0 Å². The first-order chi connectivity index (χ1) is 12.5. The Kier molecular flexibility index (Phi) is 6.84. The summed E-state index contributed by atoms with van der Waals surface area (Å²) >= 11 is 8.22. The molecule has 0 spiro atoms. The maximum atomic E-state index is 12.8. The van der Waals surface area contributed by atoms with E-state index in [-0.39, 0.29) is 23.9 Å². The number of rotatable bonds is 4. The van der Waals surface area contributed by atoms with Gasteiger partial charge < -0.3 is 15.5 Å². The van der Waals surface area contributed by atoms with Crippen molar-refractivity contribution in [2.75, 3.05) is 29.9 Å². The SMILES string of the molecule is CC1CCCCN1C(=O)c1ccc(NC(=O)CC2CSCCN2)cc1Cl. The molecule has 2 fully saturated rings. The number of halogens is 1. The number of likely N-dealkylation sites (tertiary alicyclic amines) is 1. The second-order valence-electron chi connectivity index (χ2n) is 7.02. The highest BCUT2D eigenvalue weighted by Gasteiger charge is 2.25. The van der Waals surface area contributed by atoms with Crippen molar-refractivity contribution >= 4 is 40.9 Å². The molecule has 1 aromatic rings. The maximum Gasteiger partial charge on any atom is 0.255 e. The fourth-order valence-corrected chi connectivity index (χ4v) is 4.72. The molecule has 7 heteroatoms. The minimum Gasteiger partial charge on any atom is -0.336 e. The zero-order valence-corrected chi connectivity index (χ0v) is 16.7. The van der Waals surface area contributed by atoms with Crippen molar-refractivity contribution in [2.45, 2.75) is 44.7 Å². The van der Waals surface area contributed by atoms with Crippen LogP contribution in [0.1, 0.15) is 43.0 Å². The van der Waals surface area contributed by atoms with E-state index >= 15 is 0 Å². The minimum absolute atomic E-state index is 0.0245. The molecule has 0 aliphatic carbocycles. The molecule has 26 heavy (non-hydrogen) atoms. The number of amides is 2. The van der Waals surface area contributed by atoms with Gasteiger partial charge in [-0.05, 0) is 44.4 Å². The van der Waals surface area contributed by atoms with Crippen molar-refractivity contribution < 1.29 is 9.59 Å². The summed E-state index contributed by atoms with van der Waals surface area (Å²) in [7, 11) is 0. The van der Waals surface area contributed by atoms with Crippen LogP contribution >= 0.6 is 23.4 Å². The van der Waals surface area contributed by atoms with E-state index in [0.717, 1.165) is 43.9 Å². The highest BCUT2D eigenvalue weighted by Crippen LogP contribution is 2.26. The fourth-order valence-electron chi connectivity index (χ4n) is 3.51. The second kappa shape index (κ2) is 9.11. The third kappa shape index (κ3) is 4.93. The van der Waals surface area contributed by atoms with Gasteiger partial charge >= 0.3 is 0 Å². The Morgan fingerprint density at radius 1 is 1.38 bits per heavy atom. The lowest BCUT2D eigenvalue weighted by molar-refractivity contribution is -0.116. The largest absolute Gasteiger partial charge is 0.336 e. The van der Waals surface area contributed by atoms with Gasteiger partial charge in [-0.2, -0.15) is 11.8 Å². The summed E-state index contributed by atoms with van der Waals surface area (Å²) in [6.07, 6.45) is 3.68. The number of nitrogens with one attached hydrogen (secondary N) is 2. The number of carbonyl (C=O) groups excluding carboxylic acids is 2. The summed E-state index contributed by atoms with van der Waals surface area (Å²) in [4.78, 5) is 26.9. The van der Waals surface area contributed by atoms with Crippen molar-refractivity contribution in [1.29, 1.82) is 0 Å². The summed E-state index contributed by atoms with van der Waals surface area (Å²) in [5.74, 6) is 1.99. The van der Waals surface area contributed by atoms with Crippen LogP contribution in [0, 0.1) is 0 Å². The highest BCUT2D eigenvalue weighted by atomic mass is 35.5. The molecule has 0 aromatic heterocycles. The third-order valence-electron chi connectivity index (χ3n) is 4.98. The molecule has 0 saturated carbocycles. The first-order valence-corrected chi connectivity index (χ1v) is 10.8. The van der Waals surface area contributed by atoms with Crippen LogP contribution in [0.15, 0.2) is 18.2 Å². The van der Waals surface area contributed by atoms with E-state index < -0.39 is 0 Å². The van der Waals surface area contributed by atoms with E-state index in [1.54, 1.807) is 18.2 Å². The molecular weight excluding hydrogens is 370 g/mol. The second-order valence-corrected chi connectivity index (χ2v) is 8.57. The van der Waals surface area contributed by atoms with Gasteiger partial charge in [-0.25, -0.2) is 0 Å². The van der Waals surface area contributed by atoms with E-state index in [4.69, 9.17) is 11.6 Å². The molecule has 2 N–H and O–H groups in total. The molecule has 2 heterocycles. The Balaban J connectivity index is 1.61. The number of nitrogens with zero attached hydrogens (tertiary/aromatic N) is 1. The number of carbonyl (C=O) groups is 2. The molecule has 2 unspecified atom stereocenters. The van der Waals surface area contributed by atoms with Crippen molar-refractivity contribution in [2.24, 2.45) is 0 Å². The average Bonchev–Trinajstić information content (AvgIpc) is 2.62. The predicted octanol–water partition coefficient (Wildman–Crippen LogP) is 3.39. The summed E-state index contributed by atoms with van der Waals surface area (Å²) in [5, 5.41) is 6.63. The summed E-state index contributed by atoms with van der Waals surface area (Å²) in [5.41, 5.74) is 1.13. The molecule has 2 atom stereocenters. The Labute approximate surface area is 164 Å². The number of hydrogen-bond donors (Lipinski definition) is 2. The van der Waals surface area contributed by atoms with Crippen LogP contribution in [-0.4, -0.2) is 53.4 Å². The topological polar surface area (TPSA) is 61.4 Å². The van der Waals surface area contributed by atoms with E-state index in [0.29, 0.717) is 22.7 Å². The zero-order valence-electron chi connectivity index (χ0n) is 15.1. The van der Waals surface area contributed by atoms with Gasteiger partial charge in [-0.3, -0.25) is 9.59 Å². The first-order valence-electron chi connectivity index (χ1n) is 9.26. The molecule has 2 amide bonds. The van der Waals surface area contributed by atoms with Gasteiger partial charge in [0.2, 0.25) is 5.91 Å². The first kappa shape index (κ1) is 19.5. The number of hydrogen-bond acceptors (Lipinski definition) is 4. The van der Waals surface area contributed by atoms with Gasteiger partial charge in [0, 0.05) is 48.8 Å². The lowest BCUT2D eigenvalue weighted by atomic mass is 10.0. The maximum absolute atomic E-state index is 12.8. The van der Waals surface area contributed by atoms with Crippen LogP contribution in [0.4, 0.5) is 5.69 Å². The normalized spacial score (nSPS) is 23.5. The molecular formula is C19H26ClN3O2S. The van der Waals surface area contributed by atoms with Gasteiger partial charge in [-0.1, -0.05) is 11.6 Å². The molecule has 142 valence electrons. The summed E-state index contributed by atoms with van der Waals surface area (Å²) < 4.78 is 0. The molecule has 0 bridgehead atoms. The number of piperidine rings is 1. The van der Waals surface area contributed by atoms with Crippen LogP contribution < -0.4 is 10.6 Å². The smallest absolute Gasteiger partial charge is 0.255 e. The monoisotopic (exact) mass is 395 g/mol. The number of benzene rings is 1. The molecule has 3 rings (SSSR count). The number of anilines is 1. The standard InChI is InChI=1S/C19H26ClN3O2S/c1-13-4-2-3-8-23(13)19(25)16-6-5-14(10-17(16)20)22-18(24)11-15-12-26-9-7-21-15/h5-6,10,13,15,21H,2-4,7-9,11-12H2,1H3,(H,22,24). The zero-order chi connectivity index (χ0) is 18.5. The van der Waals surface area contributed by atoms with Crippen LogP contribution in [0.2, 0.25) is 5.02 Å². The molecule has 2 aliphatic heterocycles. The van der Waals surface area contributed by atoms with Gasteiger partial charge in [0.15, 0.2) is 0 Å². The van der Waals surface area contributed by atoms with E-state index in [2.05, 4.69) is 17.6 Å². The molecule has 1 aromatic carbocycles. The van der Waals surface area contributed by atoms with Gasteiger partial charge in [-0.15, -0.1) is 0 Å². The summed E-state index contributed by atoms with van der Waals surface area (Å²) in [6.45, 7) is 3.80.